The van der Waals surface area contributed by atoms with Gasteiger partial charge in [-0.05, 0) is 42.4 Å². The molecule has 0 aromatic heterocycles. The van der Waals surface area contributed by atoms with E-state index in [1.54, 1.807) is 0 Å². The zero-order valence-corrected chi connectivity index (χ0v) is 21.5. The lowest BCUT2D eigenvalue weighted by Gasteiger charge is -2.42. The smallest absolute Gasteiger partial charge is 0.329 e. The van der Waals surface area contributed by atoms with E-state index in [0.717, 1.165) is 24.0 Å². The van der Waals surface area contributed by atoms with Crippen LogP contribution in [0.15, 0.2) is 64.8 Å². The Balaban J connectivity index is 1.25. The normalized spacial score (nSPS) is 21.6. The first-order valence-electron chi connectivity index (χ1n) is 13.1. The summed E-state index contributed by atoms with van der Waals surface area (Å²) in [6, 6.07) is 18.5. The lowest BCUT2D eigenvalue weighted by atomic mass is 9.84. The molecule has 2 atom stereocenters. The largest absolute Gasteiger partial charge is 0.480 e. The number of nitrogens with zero attached hydrogens (tertiary/aromatic N) is 3. The van der Waals surface area contributed by atoms with Gasteiger partial charge in [-0.15, -0.1) is 0 Å². The number of rotatable bonds is 13. The molecule has 2 aromatic rings. The van der Waals surface area contributed by atoms with Crippen molar-refractivity contribution >= 4 is 11.9 Å². The molecule has 2 aromatic carbocycles. The maximum atomic E-state index is 11.2. The third kappa shape index (κ3) is 8.42. The lowest BCUT2D eigenvalue weighted by Crippen LogP contribution is -2.49. The average Bonchev–Trinajstić information content (AvgIpc) is 3.37. The Kier molecular flexibility index (Phi) is 9.94. The molecular weight excluding hydrogens is 488 g/mol. The second-order valence-corrected chi connectivity index (χ2v) is 10.0. The number of carbonyl (C=O) groups is 2. The number of carboxylic acids is 2. The molecule has 2 aliphatic heterocycles. The number of aliphatic carboxylic acids is 2. The molecule has 4 rings (SSSR count). The Hall–Kier alpha value is -3.18. The number of carboxylic acid groups (broad SMARTS) is 2. The summed E-state index contributed by atoms with van der Waals surface area (Å²) >= 11 is 0. The van der Waals surface area contributed by atoms with E-state index < -0.39 is 17.5 Å². The highest BCUT2D eigenvalue weighted by molar-refractivity contribution is 5.69. The molecule has 0 amide bonds. The molecule has 2 saturated heterocycles. The molecule has 0 radical (unpaired) electrons. The molecule has 2 unspecified atom stereocenters. The van der Waals surface area contributed by atoms with Crippen LogP contribution in [0, 0.1) is 0 Å². The van der Waals surface area contributed by atoms with E-state index in [1.807, 2.05) is 23.1 Å². The first-order chi connectivity index (χ1) is 18.4. The van der Waals surface area contributed by atoms with Crippen molar-refractivity contribution in [1.82, 2.24) is 10.4 Å². The average molecular weight is 525 g/mol. The van der Waals surface area contributed by atoms with Gasteiger partial charge in [0.15, 0.2) is 0 Å². The number of hydroxylamine groups is 1. The minimum Gasteiger partial charge on any atom is -0.480 e. The van der Waals surface area contributed by atoms with Crippen LogP contribution in [-0.2, 0) is 32.1 Å². The van der Waals surface area contributed by atoms with E-state index in [0.29, 0.717) is 45.4 Å². The molecule has 10 heteroatoms. The molecule has 2 heterocycles. The van der Waals surface area contributed by atoms with E-state index in [2.05, 4.69) is 52.1 Å². The number of azo groups is 1. The van der Waals surface area contributed by atoms with Gasteiger partial charge < -0.3 is 14.9 Å². The summed E-state index contributed by atoms with van der Waals surface area (Å²) in [5.74, 6) is -1.89. The first kappa shape index (κ1) is 27.8. The second-order valence-electron chi connectivity index (χ2n) is 10.0. The highest BCUT2D eigenvalue weighted by Crippen LogP contribution is 2.36. The molecule has 3 N–H and O–H groups in total. The van der Waals surface area contributed by atoms with Gasteiger partial charge in [0, 0.05) is 19.5 Å². The second kappa shape index (κ2) is 13.6. The molecule has 204 valence electrons. The summed E-state index contributed by atoms with van der Waals surface area (Å²) < 4.78 is 5.88. The summed E-state index contributed by atoms with van der Waals surface area (Å²) in [5, 5.41) is 26.8. The molecule has 2 aliphatic rings. The van der Waals surface area contributed by atoms with E-state index >= 15 is 0 Å². The summed E-state index contributed by atoms with van der Waals surface area (Å²) in [7, 11) is 0. The van der Waals surface area contributed by atoms with Crippen LogP contribution < -0.4 is 5.48 Å². The standard InChI is InChI=1S/C28H36N4O6/c33-26(34)19-32-14-11-28(12-15-32,37-20-27(35)36)17-24-16-25(31-38-24)23-8-6-22(7-9-23)18-30-29-13-10-21-4-2-1-3-5-21/h1-9,24-25,31H,10-20H2,(H,33,34)(H,35,36). The Labute approximate surface area is 222 Å². The fourth-order valence-corrected chi connectivity index (χ4v) is 5.10. The summed E-state index contributed by atoms with van der Waals surface area (Å²) in [5.41, 5.74) is 5.92. The Morgan fingerprint density at radius 2 is 1.74 bits per heavy atom. The van der Waals surface area contributed by atoms with Gasteiger partial charge in [0.05, 0.1) is 37.4 Å². The molecule has 0 spiro atoms. The summed E-state index contributed by atoms with van der Waals surface area (Å²) in [4.78, 5) is 30.0. The van der Waals surface area contributed by atoms with Crippen molar-refractivity contribution in [2.24, 2.45) is 10.2 Å². The van der Waals surface area contributed by atoms with Crippen molar-refractivity contribution < 1.29 is 29.4 Å². The Bertz CT molecular complexity index is 1070. The van der Waals surface area contributed by atoms with Crippen LogP contribution in [0.2, 0.25) is 0 Å². The fourth-order valence-electron chi connectivity index (χ4n) is 5.10. The predicted octanol–water partition coefficient (Wildman–Crippen LogP) is 3.63. The van der Waals surface area contributed by atoms with Gasteiger partial charge in [0.1, 0.15) is 6.61 Å². The zero-order valence-electron chi connectivity index (χ0n) is 21.5. The van der Waals surface area contributed by atoms with Gasteiger partial charge >= 0.3 is 11.9 Å². The van der Waals surface area contributed by atoms with Crippen LogP contribution in [0.4, 0.5) is 0 Å². The minimum absolute atomic E-state index is 0.0187. The van der Waals surface area contributed by atoms with Crippen molar-refractivity contribution in [3.8, 4) is 0 Å². The first-order valence-corrected chi connectivity index (χ1v) is 13.1. The number of hydrogen-bond acceptors (Lipinski definition) is 8. The number of ether oxygens (including phenoxy) is 1. The molecule has 0 bridgehead atoms. The van der Waals surface area contributed by atoms with Gasteiger partial charge in [0.25, 0.3) is 0 Å². The topological polar surface area (TPSA) is 133 Å². The van der Waals surface area contributed by atoms with Crippen molar-refractivity contribution in [1.29, 1.82) is 0 Å². The van der Waals surface area contributed by atoms with Crippen LogP contribution in [0.25, 0.3) is 0 Å². The Morgan fingerprint density at radius 1 is 1.00 bits per heavy atom. The minimum atomic E-state index is -1.02. The number of nitrogens with one attached hydrogen (secondary N) is 1. The zero-order chi connectivity index (χ0) is 26.8. The monoisotopic (exact) mass is 524 g/mol. The van der Waals surface area contributed by atoms with Crippen molar-refractivity contribution in [3.63, 3.8) is 0 Å². The lowest BCUT2D eigenvalue weighted by molar-refractivity contribution is -0.159. The van der Waals surface area contributed by atoms with Crippen molar-refractivity contribution in [3.05, 3.63) is 71.3 Å². The van der Waals surface area contributed by atoms with Gasteiger partial charge in [-0.2, -0.15) is 15.7 Å². The summed E-state index contributed by atoms with van der Waals surface area (Å²) in [6.07, 6.45) is 3.14. The van der Waals surface area contributed by atoms with Crippen LogP contribution >= 0.6 is 0 Å². The number of piperidine rings is 1. The van der Waals surface area contributed by atoms with Gasteiger partial charge in [0.2, 0.25) is 0 Å². The van der Waals surface area contributed by atoms with E-state index in [4.69, 9.17) is 19.8 Å². The Morgan fingerprint density at radius 3 is 2.42 bits per heavy atom. The van der Waals surface area contributed by atoms with Crippen LogP contribution in [-0.4, -0.2) is 71.5 Å². The van der Waals surface area contributed by atoms with Crippen molar-refractivity contribution in [2.75, 3.05) is 32.8 Å². The maximum absolute atomic E-state index is 11.2. The highest BCUT2D eigenvalue weighted by Gasteiger charge is 2.41. The van der Waals surface area contributed by atoms with Crippen LogP contribution in [0.3, 0.4) is 0 Å². The van der Waals surface area contributed by atoms with E-state index in [-0.39, 0.29) is 25.3 Å². The van der Waals surface area contributed by atoms with E-state index in [1.165, 1.54) is 5.56 Å². The van der Waals surface area contributed by atoms with Crippen LogP contribution in [0.5, 0.6) is 0 Å². The fraction of sp³-hybridized carbons (Fsp3) is 0.500. The molecule has 2 fully saturated rings. The maximum Gasteiger partial charge on any atom is 0.329 e. The molecule has 0 saturated carbocycles. The summed E-state index contributed by atoms with van der Waals surface area (Å²) in [6.45, 7) is 1.88. The highest BCUT2D eigenvalue weighted by atomic mass is 16.7. The van der Waals surface area contributed by atoms with E-state index in [9.17, 15) is 9.59 Å². The third-order valence-electron chi connectivity index (χ3n) is 7.18. The predicted molar refractivity (Wildman–Crippen MR) is 140 cm³/mol. The van der Waals surface area contributed by atoms with Crippen molar-refractivity contribution in [2.45, 2.75) is 56.4 Å². The number of likely N-dealkylation sites (tertiary alicyclic amines) is 1. The van der Waals surface area contributed by atoms with Gasteiger partial charge in [-0.1, -0.05) is 54.6 Å². The van der Waals surface area contributed by atoms with Gasteiger partial charge in [-0.25, -0.2) is 4.79 Å². The third-order valence-corrected chi connectivity index (χ3v) is 7.18. The number of hydrogen-bond donors (Lipinski definition) is 3. The molecule has 38 heavy (non-hydrogen) atoms. The van der Waals surface area contributed by atoms with Gasteiger partial charge in [-0.3, -0.25) is 14.5 Å². The molecule has 10 nitrogen and oxygen atoms in total. The molecule has 0 aliphatic carbocycles. The molecular formula is C28H36N4O6. The van der Waals surface area contributed by atoms with Crippen LogP contribution in [0.1, 0.15) is 48.4 Å². The number of benzene rings is 2. The SMILES string of the molecule is O=C(O)COC1(CC2CC(c3ccc(CN=NCCc4ccccc4)cc3)NO2)CCN(CC(=O)O)CC1. The quantitative estimate of drug-likeness (QED) is 0.339.